The number of carbonyl (C=O) groups is 1. The molecule has 1 amide bonds. The lowest BCUT2D eigenvalue weighted by Gasteiger charge is -2.25. The molecule has 74 valence electrons. The van der Waals surface area contributed by atoms with Crippen LogP contribution in [0.2, 0.25) is 0 Å². The summed E-state index contributed by atoms with van der Waals surface area (Å²) in [6, 6.07) is -0.151. The lowest BCUT2D eigenvalue weighted by molar-refractivity contribution is -0.131. The quantitative estimate of drug-likeness (QED) is 0.693. The van der Waals surface area contributed by atoms with E-state index >= 15 is 0 Å². The van der Waals surface area contributed by atoms with Gasteiger partial charge in [0, 0.05) is 19.0 Å². The lowest BCUT2D eigenvalue weighted by Crippen LogP contribution is -2.37. The molecule has 0 aliphatic carbocycles. The monoisotopic (exact) mass is 186 g/mol. The third kappa shape index (κ3) is 3.14. The van der Waals surface area contributed by atoms with Crippen molar-refractivity contribution in [3.63, 3.8) is 0 Å². The molecule has 0 bridgehead atoms. The summed E-state index contributed by atoms with van der Waals surface area (Å²) in [6.07, 6.45) is 2.43. The topological polar surface area (TPSA) is 46.3 Å². The van der Waals surface area contributed by atoms with Crippen molar-refractivity contribution in [2.75, 3.05) is 13.1 Å². The highest BCUT2D eigenvalue weighted by Crippen LogP contribution is 2.11. The van der Waals surface area contributed by atoms with E-state index in [1.807, 2.05) is 0 Å². The molecule has 1 rings (SSSR count). The summed E-state index contributed by atoms with van der Waals surface area (Å²) in [4.78, 5) is 12.9. The van der Waals surface area contributed by atoms with Gasteiger partial charge in [0.1, 0.15) is 5.83 Å². The molecule has 1 heterocycles. The van der Waals surface area contributed by atoms with E-state index in [2.05, 4.69) is 0 Å². The van der Waals surface area contributed by atoms with Gasteiger partial charge >= 0.3 is 0 Å². The van der Waals surface area contributed by atoms with Gasteiger partial charge in [-0.15, -0.1) is 0 Å². The van der Waals surface area contributed by atoms with E-state index in [9.17, 15) is 9.18 Å². The summed E-state index contributed by atoms with van der Waals surface area (Å²) in [5.41, 5.74) is 5.48. The largest absolute Gasteiger partial charge is 0.336 e. The molecule has 0 fully saturated rings. The predicted octanol–water partition coefficient (Wildman–Crippen LogP) is 0.809. The fraction of sp³-hybridized carbons (Fsp3) is 0.667. The molecule has 0 saturated heterocycles. The lowest BCUT2D eigenvalue weighted by atomic mass is 10.2. The van der Waals surface area contributed by atoms with Crippen molar-refractivity contribution in [2.24, 2.45) is 5.73 Å². The van der Waals surface area contributed by atoms with E-state index in [1.165, 1.54) is 11.0 Å². The Balaban J connectivity index is 2.44. The smallest absolute Gasteiger partial charge is 0.224 e. The average molecular weight is 186 g/mol. The van der Waals surface area contributed by atoms with E-state index in [-0.39, 0.29) is 24.3 Å². The Morgan fingerprint density at radius 1 is 1.85 bits per heavy atom. The third-order valence-corrected chi connectivity index (χ3v) is 1.96. The number of rotatable bonds is 2. The maximum absolute atomic E-state index is 12.8. The molecule has 0 aromatic carbocycles. The molecule has 0 aromatic rings. The van der Waals surface area contributed by atoms with Gasteiger partial charge in [-0.3, -0.25) is 4.79 Å². The Labute approximate surface area is 77.4 Å². The molecular weight excluding hydrogens is 171 g/mol. The van der Waals surface area contributed by atoms with E-state index in [1.54, 1.807) is 6.92 Å². The van der Waals surface area contributed by atoms with Gasteiger partial charge in [-0.2, -0.15) is 0 Å². The van der Waals surface area contributed by atoms with Crippen molar-refractivity contribution < 1.29 is 9.18 Å². The van der Waals surface area contributed by atoms with Gasteiger partial charge in [-0.1, -0.05) is 0 Å². The number of nitrogens with zero attached hydrogens (tertiary/aromatic N) is 1. The Kier molecular flexibility index (Phi) is 3.42. The third-order valence-electron chi connectivity index (χ3n) is 1.96. The summed E-state index contributed by atoms with van der Waals surface area (Å²) in [5, 5.41) is 0. The van der Waals surface area contributed by atoms with Crippen LogP contribution in [-0.4, -0.2) is 29.9 Å². The van der Waals surface area contributed by atoms with Gasteiger partial charge in [-0.25, -0.2) is 4.39 Å². The second kappa shape index (κ2) is 4.37. The van der Waals surface area contributed by atoms with E-state index < -0.39 is 0 Å². The average Bonchev–Trinajstić information content (AvgIpc) is 2.03. The minimum absolute atomic E-state index is 0.0572. The zero-order valence-corrected chi connectivity index (χ0v) is 7.79. The number of halogens is 1. The maximum Gasteiger partial charge on any atom is 0.224 e. The highest BCUT2D eigenvalue weighted by atomic mass is 19.1. The van der Waals surface area contributed by atoms with E-state index in [4.69, 9.17) is 5.73 Å². The number of amides is 1. The minimum Gasteiger partial charge on any atom is -0.336 e. The molecule has 3 nitrogen and oxygen atoms in total. The molecule has 1 aliphatic heterocycles. The summed E-state index contributed by atoms with van der Waals surface area (Å²) >= 11 is 0. The van der Waals surface area contributed by atoms with Crippen LogP contribution < -0.4 is 5.73 Å². The fourth-order valence-electron chi connectivity index (χ4n) is 1.32. The zero-order chi connectivity index (χ0) is 9.84. The molecule has 0 radical (unpaired) electrons. The molecule has 1 aliphatic rings. The van der Waals surface area contributed by atoms with Crippen molar-refractivity contribution in [1.29, 1.82) is 0 Å². The number of carbonyl (C=O) groups excluding carboxylic acids is 1. The van der Waals surface area contributed by atoms with Gasteiger partial charge in [0.2, 0.25) is 5.91 Å². The molecular formula is C9H15FN2O. The van der Waals surface area contributed by atoms with E-state index in [0.717, 1.165) is 0 Å². The fourth-order valence-corrected chi connectivity index (χ4v) is 1.32. The number of hydrogen-bond donors (Lipinski definition) is 1. The Morgan fingerprint density at radius 3 is 3.08 bits per heavy atom. The van der Waals surface area contributed by atoms with Crippen LogP contribution in [0.25, 0.3) is 0 Å². The normalized spacial score (nSPS) is 19.6. The highest BCUT2D eigenvalue weighted by molar-refractivity contribution is 5.77. The first-order valence-electron chi connectivity index (χ1n) is 4.47. The van der Waals surface area contributed by atoms with Gasteiger partial charge < -0.3 is 10.6 Å². The van der Waals surface area contributed by atoms with Crippen LogP contribution in [0.1, 0.15) is 19.8 Å². The minimum atomic E-state index is -0.218. The molecule has 13 heavy (non-hydrogen) atoms. The van der Waals surface area contributed by atoms with Gasteiger partial charge in [-0.05, 0) is 19.4 Å². The van der Waals surface area contributed by atoms with Crippen LogP contribution >= 0.6 is 0 Å². The standard InChI is InChI=1S/C9H15FN2O/c1-7(11)5-9(13)12-4-2-3-8(10)6-12/h3,7H,2,4-6,11H2,1H3. The van der Waals surface area contributed by atoms with Gasteiger partial charge in [0.15, 0.2) is 0 Å². The molecule has 4 heteroatoms. The molecule has 0 saturated carbocycles. The van der Waals surface area contributed by atoms with Crippen molar-refractivity contribution in [3.8, 4) is 0 Å². The van der Waals surface area contributed by atoms with Gasteiger partial charge in [0.05, 0.1) is 6.54 Å². The van der Waals surface area contributed by atoms with Crippen LogP contribution in [0.3, 0.4) is 0 Å². The summed E-state index contributed by atoms with van der Waals surface area (Å²) < 4.78 is 12.8. The first-order chi connectivity index (χ1) is 6.09. The van der Waals surface area contributed by atoms with Crippen molar-refractivity contribution in [3.05, 3.63) is 11.9 Å². The van der Waals surface area contributed by atoms with Crippen LogP contribution in [0.4, 0.5) is 4.39 Å². The summed E-state index contributed by atoms with van der Waals surface area (Å²) in [5.74, 6) is -0.275. The van der Waals surface area contributed by atoms with Crippen molar-refractivity contribution >= 4 is 5.91 Å². The zero-order valence-electron chi connectivity index (χ0n) is 7.79. The molecule has 0 spiro atoms. The number of hydrogen-bond acceptors (Lipinski definition) is 2. The summed E-state index contributed by atoms with van der Waals surface area (Å²) in [6.45, 7) is 2.50. The Morgan fingerprint density at radius 2 is 2.54 bits per heavy atom. The molecule has 1 unspecified atom stereocenters. The molecule has 1 atom stereocenters. The van der Waals surface area contributed by atoms with Crippen LogP contribution in [0.5, 0.6) is 0 Å². The Hall–Kier alpha value is -0.900. The van der Waals surface area contributed by atoms with E-state index in [0.29, 0.717) is 19.4 Å². The van der Waals surface area contributed by atoms with Crippen LogP contribution in [0, 0.1) is 0 Å². The SMILES string of the molecule is CC(N)CC(=O)N1CCC=C(F)C1. The predicted molar refractivity (Wildman–Crippen MR) is 48.7 cm³/mol. The number of nitrogens with two attached hydrogens (primary N) is 1. The van der Waals surface area contributed by atoms with Gasteiger partial charge in [0.25, 0.3) is 0 Å². The van der Waals surface area contributed by atoms with Crippen LogP contribution in [0.15, 0.2) is 11.9 Å². The second-order valence-electron chi connectivity index (χ2n) is 3.44. The van der Waals surface area contributed by atoms with Crippen LogP contribution in [-0.2, 0) is 4.79 Å². The maximum atomic E-state index is 12.8. The molecule has 0 aromatic heterocycles. The Bertz CT molecular complexity index is 226. The summed E-state index contributed by atoms with van der Waals surface area (Å²) in [7, 11) is 0. The second-order valence-corrected chi connectivity index (χ2v) is 3.44. The van der Waals surface area contributed by atoms with Crippen molar-refractivity contribution in [1.82, 2.24) is 4.90 Å². The first-order valence-corrected chi connectivity index (χ1v) is 4.47. The van der Waals surface area contributed by atoms with Crippen molar-refractivity contribution in [2.45, 2.75) is 25.8 Å². The molecule has 2 N–H and O–H groups in total. The highest BCUT2D eigenvalue weighted by Gasteiger charge is 2.18. The first kappa shape index (κ1) is 10.2.